The predicted molar refractivity (Wildman–Crippen MR) is 101 cm³/mol. The average Bonchev–Trinajstić information content (AvgIpc) is 3.17. The molecule has 0 saturated heterocycles. The van der Waals surface area contributed by atoms with Gasteiger partial charge in [-0.3, -0.25) is 5.32 Å². The summed E-state index contributed by atoms with van der Waals surface area (Å²) in [5.41, 5.74) is 1.19. The van der Waals surface area contributed by atoms with Crippen molar-refractivity contribution in [1.82, 2.24) is 0 Å². The van der Waals surface area contributed by atoms with Gasteiger partial charge in [-0.25, -0.2) is 4.79 Å². The first-order valence-corrected chi connectivity index (χ1v) is 9.02. The quantitative estimate of drug-likeness (QED) is 0.605. The minimum atomic E-state index is -0.640. The van der Waals surface area contributed by atoms with Gasteiger partial charge in [-0.2, -0.15) is 0 Å². The third kappa shape index (κ3) is 5.05. The zero-order chi connectivity index (χ0) is 19.8. The molecule has 0 radical (unpaired) electrons. The van der Waals surface area contributed by atoms with Crippen LogP contribution in [0, 0.1) is 0 Å². The van der Waals surface area contributed by atoms with Gasteiger partial charge in [0.2, 0.25) is 6.79 Å². The molecule has 1 amide bonds. The van der Waals surface area contributed by atoms with Crippen LogP contribution < -0.4 is 19.5 Å². The van der Waals surface area contributed by atoms with Crippen LogP contribution in [0.25, 0.3) is 0 Å². The van der Waals surface area contributed by atoms with Crippen LogP contribution in [0.4, 0.5) is 10.5 Å². The zero-order valence-electron chi connectivity index (χ0n) is 15.3. The molecule has 8 nitrogen and oxygen atoms in total. The molecule has 3 N–H and O–H groups in total. The van der Waals surface area contributed by atoms with Gasteiger partial charge in [0.1, 0.15) is 18.5 Å². The fourth-order valence-electron chi connectivity index (χ4n) is 2.84. The predicted octanol–water partition coefficient (Wildman–Crippen LogP) is 2.85. The number of aliphatic hydroxyl groups excluding tert-OH is 2. The number of nitrogens with one attached hydrogen (secondary N) is 1. The zero-order valence-corrected chi connectivity index (χ0v) is 15.3. The molecule has 28 heavy (non-hydrogen) atoms. The van der Waals surface area contributed by atoms with E-state index in [9.17, 15) is 9.90 Å². The Balaban J connectivity index is 1.71. The summed E-state index contributed by atoms with van der Waals surface area (Å²) in [6.07, 6.45) is -0.379. The second-order valence-corrected chi connectivity index (χ2v) is 6.06. The second kappa shape index (κ2) is 9.82. The summed E-state index contributed by atoms with van der Waals surface area (Å²) < 4.78 is 21.7. The van der Waals surface area contributed by atoms with Crippen LogP contribution in [0.15, 0.2) is 42.5 Å². The van der Waals surface area contributed by atoms with Gasteiger partial charge in [0.15, 0.2) is 11.5 Å². The Labute approximate surface area is 162 Å². The normalized spacial score (nSPS) is 13.1. The van der Waals surface area contributed by atoms with Crippen molar-refractivity contribution in [3.8, 4) is 17.2 Å². The summed E-state index contributed by atoms with van der Waals surface area (Å²) in [6, 6.07) is 12.2. The lowest BCUT2D eigenvalue weighted by molar-refractivity contribution is 0.0964. The highest BCUT2D eigenvalue weighted by atomic mass is 16.7. The molecule has 0 saturated carbocycles. The van der Waals surface area contributed by atoms with E-state index in [1.807, 2.05) is 6.07 Å². The number of carbonyl (C=O) groups excluding carboxylic acids is 1. The second-order valence-electron chi connectivity index (χ2n) is 6.06. The van der Waals surface area contributed by atoms with Crippen LogP contribution in [-0.2, 0) is 4.74 Å². The number of rotatable bonds is 9. The Hall–Kier alpha value is -2.97. The van der Waals surface area contributed by atoms with Crippen molar-refractivity contribution in [1.29, 1.82) is 0 Å². The Morgan fingerprint density at radius 2 is 1.93 bits per heavy atom. The number of anilines is 1. The van der Waals surface area contributed by atoms with Crippen LogP contribution in [-0.4, -0.2) is 42.9 Å². The molecule has 1 heterocycles. The molecule has 150 valence electrons. The highest BCUT2D eigenvalue weighted by molar-refractivity contribution is 5.85. The number of aliphatic hydroxyl groups is 2. The molecule has 0 bridgehead atoms. The van der Waals surface area contributed by atoms with Gasteiger partial charge in [0, 0.05) is 23.9 Å². The van der Waals surface area contributed by atoms with E-state index in [1.165, 1.54) is 0 Å². The van der Waals surface area contributed by atoms with E-state index in [0.717, 1.165) is 0 Å². The fourth-order valence-corrected chi connectivity index (χ4v) is 2.84. The average molecular weight is 389 g/mol. The highest BCUT2D eigenvalue weighted by Crippen LogP contribution is 2.35. The maximum Gasteiger partial charge on any atom is 0.412 e. The smallest absolute Gasteiger partial charge is 0.412 e. The number of para-hydroxylation sites is 1. The van der Waals surface area contributed by atoms with Gasteiger partial charge in [-0.05, 0) is 31.0 Å². The van der Waals surface area contributed by atoms with E-state index >= 15 is 0 Å². The Bertz CT molecular complexity index is 796. The van der Waals surface area contributed by atoms with Gasteiger partial charge in [-0.15, -0.1) is 0 Å². The number of hydrogen-bond acceptors (Lipinski definition) is 7. The summed E-state index contributed by atoms with van der Waals surface area (Å²) in [5.74, 6) is 1.70. The molecule has 0 unspecified atom stereocenters. The van der Waals surface area contributed by atoms with Crippen molar-refractivity contribution in [2.75, 3.05) is 31.9 Å². The van der Waals surface area contributed by atoms with Crippen LogP contribution in [0.3, 0.4) is 0 Å². The molecule has 1 aliphatic rings. The molecular formula is C20H23NO7. The van der Waals surface area contributed by atoms with Gasteiger partial charge < -0.3 is 29.2 Å². The molecule has 2 aromatic rings. The molecule has 8 heteroatoms. The minimum absolute atomic E-state index is 0.0245. The van der Waals surface area contributed by atoms with Crippen molar-refractivity contribution in [2.45, 2.75) is 18.9 Å². The molecule has 3 rings (SSSR count). The monoisotopic (exact) mass is 389 g/mol. The Kier molecular flexibility index (Phi) is 6.94. The first kappa shape index (κ1) is 19.8. The lowest BCUT2D eigenvalue weighted by Gasteiger charge is -2.21. The molecule has 2 aromatic carbocycles. The van der Waals surface area contributed by atoms with Crippen LogP contribution >= 0.6 is 0 Å². The van der Waals surface area contributed by atoms with Crippen molar-refractivity contribution < 1.29 is 34.0 Å². The first-order chi connectivity index (χ1) is 13.7. The number of benzene rings is 2. The third-order valence-electron chi connectivity index (χ3n) is 4.11. The van der Waals surface area contributed by atoms with Crippen molar-refractivity contribution in [3.05, 3.63) is 48.0 Å². The summed E-state index contributed by atoms with van der Waals surface area (Å²) in [4.78, 5) is 12.4. The first-order valence-electron chi connectivity index (χ1n) is 9.02. The lowest BCUT2D eigenvalue weighted by atomic mass is 10.0. The van der Waals surface area contributed by atoms with E-state index in [4.69, 9.17) is 24.1 Å². The number of amides is 1. The number of ether oxygens (including phenoxy) is 4. The third-order valence-corrected chi connectivity index (χ3v) is 4.11. The number of fused-ring (bicyclic) bond motifs is 1. The van der Waals surface area contributed by atoms with E-state index in [-0.39, 0.29) is 26.6 Å². The van der Waals surface area contributed by atoms with Gasteiger partial charge in [0.05, 0.1) is 6.61 Å². The lowest BCUT2D eigenvalue weighted by Crippen LogP contribution is -2.18. The van der Waals surface area contributed by atoms with Gasteiger partial charge >= 0.3 is 6.09 Å². The Morgan fingerprint density at radius 1 is 1.11 bits per heavy atom. The molecule has 0 aromatic heterocycles. The van der Waals surface area contributed by atoms with E-state index in [2.05, 4.69) is 5.32 Å². The molecule has 0 fully saturated rings. The maximum absolute atomic E-state index is 12.4. The molecule has 0 spiro atoms. The summed E-state index contributed by atoms with van der Waals surface area (Å²) in [7, 11) is 0. The number of hydrogen-bond donors (Lipinski definition) is 3. The van der Waals surface area contributed by atoms with Crippen LogP contribution in [0.5, 0.6) is 17.2 Å². The molecular weight excluding hydrogens is 366 g/mol. The van der Waals surface area contributed by atoms with Gasteiger partial charge in [-0.1, -0.05) is 18.2 Å². The van der Waals surface area contributed by atoms with Crippen LogP contribution in [0.1, 0.15) is 24.5 Å². The van der Waals surface area contributed by atoms with E-state index in [1.54, 1.807) is 36.4 Å². The minimum Gasteiger partial charge on any atom is -0.491 e. The largest absolute Gasteiger partial charge is 0.491 e. The maximum atomic E-state index is 12.4. The highest BCUT2D eigenvalue weighted by Gasteiger charge is 2.21. The SMILES string of the molecule is O=C(Nc1ccc2c(c1)OCO2)O[C@@H](CCCO)c1ccccc1OCCO. The van der Waals surface area contributed by atoms with Crippen molar-refractivity contribution in [3.63, 3.8) is 0 Å². The molecule has 0 aliphatic carbocycles. The van der Waals surface area contributed by atoms with E-state index < -0.39 is 12.2 Å². The van der Waals surface area contributed by atoms with Crippen molar-refractivity contribution in [2.24, 2.45) is 0 Å². The van der Waals surface area contributed by atoms with Gasteiger partial charge in [0.25, 0.3) is 0 Å². The molecule has 1 atom stereocenters. The summed E-state index contributed by atoms with van der Waals surface area (Å²) in [5, 5.41) is 20.9. The number of carbonyl (C=O) groups is 1. The Morgan fingerprint density at radius 3 is 2.75 bits per heavy atom. The van der Waals surface area contributed by atoms with E-state index in [0.29, 0.717) is 41.3 Å². The van der Waals surface area contributed by atoms with Crippen molar-refractivity contribution >= 4 is 11.8 Å². The summed E-state index contributed by atoms with van der Waals surface area (Å²) >= 11 is 0. The molecule has 1 aliphatic heterocycles. The standard InChI is InChI=1S/C20H23NO7/c22-9-3-6-17(15-4-1-2-5-16(15)25-11-10-23)28-20(24)21-14-7-8-18-19(12-14)27-13-26-18/h1-2,4-5,7-8,12,17,22-23H,3,6,9-11,13H2,(H,21,24)/t17-/m0/s1. The topological polar surface area (TPSA) is 106 Å². The summed E-state index contributed by atoms with van der Waals surface area (Å²) in [6.45, 7) is 0.134. The fraction of sp³-hybridized carbons (Fsp3) is 0.350. The van der Waals surface area contributed by atoms with Crippen LogP contribution in [0.2, 0.25) is 0 Å².